The van der Waals surface area contributed by atoms with Gasteiger partial charge in [-0.2, -0.15) is 0 Å². The molecule has 0 unspecified atom stereocenters. The molecular formula is C9H14N2O2S. The van der Waals surface area contributed by atoms with Gasteiger partial charge < -0.3 is 11.1 Å². The van der Waals surface area contributed by atoms with Crippen molar-refractivity contribution in [2.24, 2.45) is 5.73 Å². The first-order valence-corrected chi connectivity index (χ1v) is 5.73. The second-order valence-corrected chi connectivity index (χ2v) is 4.00. The van der Waals surface area contributed by atoms with E-state index < -0.39 is 10.7 Å². The number of benzene rings is 1. The molecule has 0 radical (unpaired) electrons. The quantitative estimate of drug-likeness (QED) is 0.611. The average Bonchev–Trinajstić information content (AvgIpc) is 2.18. The number of anilines is 1. The monoisotopic (exact) mass is 214 g/mol. The van der Waals surface area contributed by atoms with Gasteiger partial charge in [0.1, 0.15) is 10.7 Å². The summed E-state index contributed by atoms with van der Waals surface area (Å²) in [6.07, 6.45) is 0. The average molecular weight is 214 g/mol. The number of thiol groups is 1. The second-order valence-electron chi connectivity index (χ2n) is 2.88. The standard InChI is InChI=1S/C9H14N2O2S/c10-7-8-1-3-9(4-2-8)11-5-6-14(12)13/h1-4,11,14H,5-7,10H2. The van der Waals surface area contributed by atoms with Gasteiger partial charge in [-0.25, -0.2) is 8.42 Å². The molecule has 0 fully saturated rings. The van der Waals surface area contributed by atoms with Crippen LogP contribution < -0.4 is 11.1 Å². The molecule has 1 rings (SSSR count). The summed E-state index contributed by atoms with van der Waals surface area (Å²) in [4.78, 5) is 0. The lowest BCUT2D eigenvalue weighted by Gasteiger charge is -2.04. The molecule has 3 N–H and O–H groups in total. The predicted molar refractivity (Wildman–Crippen MR) is 58.0 cm³/mol. The maximum atomic E-state index is 10.3. The van der Waals surface area contributed by atoms with Crippen LogP contribution in [0.25, 0.3) is 0 Å². The smallest absolute Gasteiger partial charge is 0.141 e. The van der Waals surface area contributed by atoms with Gasteiger partial charge >= 0.3 is 0 Å². The molecule has 0 aliphatic heterocycles. The summed E-state index contributed by atoms with van der Waals surface area (Å²) < 4.78 is 20.5. The van der Waals surface area contributed by atoms with Gasteiger partial charge in [-0.3, -0.25) is 0 Å². The molecule has 0 aliphatic carbocycles. The minimum atomic E-state index is -2.29. The summed E-state index contributed by atoms with van der Waals surface area (Å²) in [5.41, 5.74) is 7.42. The maximum Gasteiger partial charge on any atom is 0.141 e. The van der Waals surface area contributed by atoms with Crippen molar-refractivity contribution in [2.45, 2.75) is 6.54 Å². The predicted octanol–water partition coefficient (Wildman–Crippen LogP) is 0.169. The Labute approximate surface area is 85.1 Å². The Morgan fingerprint density at radius 2 is 1.86 bits per heavy atom. The van der Waals surface area contributed by atoms with E-state index in [0.29, 0.717) is 13.1 Å². The van der Waals surface area contributed by atoms with E-state index in [4.69, 9.17) is 5.73 Å². The first-order chi connectivity index (χ1) is 6.72. The molecule has 0 heterocycles. The molecule has 0 aliphatic rings. The highest BCUT2D eigenvalue weighted by Crippen LogP contribution is 2.08. The molecule has 0 saturated carbocycles. The van der Waals surface area contributed by atoms with E-state index in [1.807, 2.05) is 24.3 Å². The van der Waals surface area contributed by atoms with Gasteiger partial charge in [-0.05, 0) is 17.7 Å². The fourth-order valence-electron chi connectivity index (χ4n) is 1.05. The second kappa shape index (κ2) is 5.62. The first kappa shape index (κ1) is 11.0. The Hall–Kier alpha value is -1.07. The zero-order valence-electron chi connectivity index (χ0n) is 7.77. The van der Waals surface area contributed by atoms with Gasteiger partial charge in [0.15, 0.2) is 0 Å². The van der Waals surface area contributed by atoms with Crippen molar-refractivity contribution >= 4 is 16.4 Å². The molecule has 0 bridgehead atoms. The van der Waals surface area contributed by atoms with Gasteiger partial charge in [-0.15, -0.1) is 0 Å². The van der Waals surface area contributed by atoms with Gasteiger partial charge in [-0.1, -0.05) is 12.1 Å². The topological polar surface area (TPSA) is 72.2 Å². The Bertz CT molecular complexity index is 338. The van der Waals surface area contributed by atoms with Crippen LogP contribution in [-0.2, 0) is 17.2 Å². The Kier molecular flexibility index (Phi) is 4.42. The highest BCUT2D eigenvalue weighted by atomic mass is 32.2. The van der Waals surface area contributed by atoms with Crippen LogP contribution in [-0.4, -0.2) is 20.7 Å². The van der Waals surface area contributed by atoms with E-state index in [0.717, 1.165) is 11.3 Å². The molecule has 0 aromatic heterocycles. The molecule has 1 aromatic rings. The highest BCUT2D eigenvalue weighted by molar-refractivity contribution is 7.72. The van der Waals surface area contributed by atoms with Gasteiger partial charge in [0, 0.05) is 18.8 Å². The lowest BCUT2D eigenvalue weighted by Crippen LogP contribution is -2.07. The SMILES string of the molecule is NCc1ccc(NCC[SH](=O)=O)cc1. The zero-order valence-corrected chi connectivity index (χ0v) is 8.67. The third-order valence-corrected chi connectivity index (χ3v) is 2.40. The lowest BCUT2D eigenvalue weighted by molar-refractivity contribution is 0.615. The minimum absolute atomic E-state index is 0.161. The van der Waals surface area contributed by atoms with Crippen molar-refractivity contribution in [1.29, 1.82) is 0 Å². The molecule has 78 valence electrons. The fraction of sp³-hybridized carbons (Fsp3) is 0.333. The molecule has 14 heavy (non-hydrogen) atoms. The Morgan fingerprint density at radius 1 is 1.21 bits per heavy atom. The summed E-state index contributed by atoms with van der Waals surface area (Å²) in [5, 5.41) is 3.00. The van der Waals surface area contributed by atoms with Crippen LogP contribution in [0.15, 0.2) is 24.3 Å². The van der Waals surface area contributed by atoms with E-state index in [1.54, 1.807) is 0 Å². The van der Waals surface area contributed by atoms with Gasteiger partial charge in [0.25, 0.3) is 0 Å². The normalized spacial score (nSPS) is 10.4. The number of hydrogen-bond acceptors (Lipinski definition) is 4. The van der Waals surface area contributed by atoms with Crippen LogP contribution in [0.1, 0.15) is 5.56 Å². The van der Waals surface area contributed by atoms with E-state index >= 15 is 0 Å². The van der Waals surface area contributed by atoms with Crippen LogP contribution in [0.5, 0.6) is 0 Å². The number of hydrogen-bond donors (Lipinski definition) is 3. The third-order valence-electron chi connectivity index (χ3n) is 1.81. The van der Waals surface area contributed by atoms with E-state index in [-0.39, 0.29) is 5.75 Å². The molecule has 0 saturated heterocycles. The largest absolute Gasteiger partial charge is 0.384 e. The number of nitrogens with one attached hydrogen (secondary N) is 1. The van der Waals surface area contributed by atoms with Crippen LogP contribution in [0, 0.1) is 0 Å². The van der Waals surface area contributed by atoms with Crippen molar-refractivity contribution in [3.8, 4) is 0 Å². The van der Waals surface area contributed by atoms with Crippen molar-refractivity contribution in [2.75, 3.05) is 17.6 Å². The summed E-state index contributed by atoms with van der Waals surface area (Å²) in [5.74, 6) is 0.161. The molecule has 0 atom stereocenters. The fourth-order valence-corrected chi connectivity index (χ4v) is 1.34. The van der Waals surface area contributed by atoms with Crippen molar-refractivity contribution < 1.29 is 8.42 Å². The highest BCUT2D eigenvalue weighted by Gasteiger charge is 1.92. The molecule has 1 aromatic carbocycles. The summed E-state index contributed by atoms with van der Waals surface area (Å²) in [6.45, 7) is 0.966. The number of rotatable bonds is 5. The number of nitrogens with two attached hydrogens (primary N) is 1. The van der Waals surface area contributed by atoms with Crippen LogP contribution >= 0.6 is 0 Å². The van der Waals surface area contributed by atoms with Crippen LogP contribution in [0.2, 0.25) is 0 Å². The Morgan fingerprint density at radius 3 is 2.36 bits per heavy atom. The Balaban J connectivity index is 2.43. The summed E-state index contributed by atoms with van der Waals surface area (Å²) in [6, 6.07) is 7.61. The molecular weight excluding hydrogens is 200 g/mol. The van der Waals surface area contributed by atoms with E-state index in [2.05, 4.69) is 5.32 Å². The molecule has 5 heteroatoms. The first-order valence-electron chi connectivity index (χ1n) is 4.37. The van der Waals surface area contributed by atoms with Gasteiger partial charge in [0.2, 0.25) is 0 Å². The van der Waals surface area contributed by atoms with E-state index in [9.17, 15) is 8.42 Å². The molecule has 0 spiro atoms. The third kappa shape index (κ3) is 3.76. The van der Waals surface area contributed by atoms with Crippen LogP contribution in [0.3, 0.4) is 0 Å². The zero-order chi connectivity index (χ0) is 10.4. The summed E-state index contributed by atoms with van der Waals surface area (Å²) >= 11 is 0. The van der Waals surface area contributed by atoms with Crippen LogP contribution in [0.4, 0.5) is 5.69 Å². The van der Waals surface area contributed by atoms with Crippen molar-refractivity contribution in [3.05, 3.63) is 29.8 Å². The molecule has 0 amide bonds. The minimum Gasteiger partial charge on any atom is -0.384 e. The summed E-state index contributed by atoms with van der Waals surface area (Å²) in [7, 11) is -2.29. The van der Waals surface area contributed by atoms with Crippen molar-refractivity contribution in [1.82, 2.24) is 0 Å². The maximum absolute atomic E-state index is 10.3. The van der Waals surface area contributed by atoms with Gasteiger partial charge in [0.05, 0.1) is 5.75 Å². The van der Waals surface area contributed by atoms with E-state index in [1.165, 1.54) is 0 Å². The molecule has 4 nitrogen and oxygen atoms in total. The van der Waals surface area contributed by atoms with Crippen molar-refractivity contribution in [3.63, 3.8) is 0 Å². The lowest BCUT2D eigenvalue weighted by atomic mass is 10.2.